The number of nitrogens with zero attached hydrogens (tertiary/aromatic N) is 4. The highest BCUT2D eigenvalue weighted by Gasteiger charge is 2.24. The molecule has 0 saturated heterocycles. The summed E-state index contributed by atoms with van der Waals surface area (Å²) in [4.78, 5) is 44.3. The Morgan fingerprint density at radius 3 is 1.44 bits per heavy atom. The number of hydrogen-bond donors (Lipinski definition) is 0. The van der Waals surface area contributed by atoms with Gasteiger partial charge in [0.1, 0.15) is 11.0 Å². The third-order valence-corrected chi connectivity index (χ3v) is 2.23. The van der Waals surface area contributed by atoms with Crippen molar-refractivity contribution in [2.75, 3.05) is 0 Å². The lowest BCUT2D eigenvalue weighted by molar-refractivity contribution is -0.550. The minimum absolute atomic E-state index is 0.0162. The molecule has 2 rings (SSSR count). The van der Waals surface area contributed by atoms with Gasteiger partial charge in [0.2, 0.25) is 0 Å². The van der Waals surface area contributed by atoms with Gasteiger partial charge in [0.05, 0.1) is 0 Å². The number of rotatable bonds is 2. The third kappa shape index (κ3) is 1.43. The van der Waals surface area contributed by atoms with Crippen LogP contribution in [0.2, 0.25) is 0 Å². The first-order valence-corrected chi connectivity index (χ1v) is 4.51. The van der Waals surface area contributed by atoms with Crippen LogP contribution < -0.4 is 11.1 Å². The Morgan fingerprint density at radius 1 is 0.833 bits per heavy atom. The van der Waals surface area contributed by atoms with Crippen LogP contribution in [0.3, 0.4) is 0 Å². The van der Waals surface area contributed by atoms with Gasteiger partial charge in [-0.1, -0.05) is 12.1 Å². The average molecular weight is 252 g/mol. The van der Waals surface area contributed by atoms with Gasteiger partial charge < -0.3 is 0 Å². The van der Waals surface area contributed by atoms with Crippen molar-refractivity contribution in [2.45, 2.75) is 0 Å². The van der Waals surface area contributed by atoms with Crippen molar-refractivity contribution in [3.63, 3.8) is 0 Å². The summed E-state index contributed by atoms with van der Waals surface area (Å²) < 4.78 is -0.0324. The molecule has 0 N–H and O–H groups in total. The Bertz CT molecular complexity index is 722. The molecule has 0 atom stereocenters. The maximum atomic E-state index is 11.4. The molecule has 1 heterocycles. The summed E-state index contributed by atoms with van der Waals surface area (Å²) in [6.07, 6.45) is 0. The molecule has 0 saturated carbocycles. The van der Waals surface area contributed by atoms with E-state index in [-0.39, 0.29) is 20.4 Å². The van der Waals surface area contributed by atoms with E-state index in [1.165, 1.54) is 12.1 Å². The van der Waals surface area contributed by atoms with E-state index in [2.05, 4.69) is 0 Å². The molecule has 0 aliphatic heterocycles. The average Bonchev–Trinajstić information content (AvgIpc) is 2.29. The van der Waals surface area contributed by atoms with E-state index in [0.717, 1.165) is 12.1 Å². The zero-order valence-corrected chi connectivity index (χ0v) is 8.55. The van der Waals surface area contributed by atoms with Gasteiger partial charge in [0.25, 0.3) is 0 Å². The van der Waals surface area contributed by atoms with Crippen LogP contribution in [0.1, 0.15) is 0 Å². The van der Waals surface area contributed by atoms with Crippen molar-refractivity contribution in [3.05, 3.63) is 65.2 Å². The number of fused-ring (bicyclic) bond motifs is 1. The van der Waals surface area contributed by atoms with Crippen molar-refractivity contribution in [1.29, 1.82) is 0 Å². The lowest BCUT2D eigenvalue weighted by Crippen LogP contribution is -2.45. The molecule has 2 aromatic rings. The number of nitro groups is 2. The van der Waals surface area contributed by atoms with Crippen LogP contribution in [-0.2, 0) is 0 Å². The first-order valence-electron chi connectivity index (χ1n) is 4.51. The van der Waals surface area contributed by atoms with Gasteiger partial charge in [-0.25, -0.2) is 20.2 Å². The van der Waals surface area contributed by atoms with Gasteiger partial charge in [-0.3, -0.25) is 9.59 Å². The van der Waals surface area contributed by atoms with Gasteiger partial charge in [0, 0.05) is 0 Å². The number of aromatic nitrogens is 2. The predicted molar refractivity (Wildman–Crippen MR) is 57.3 cm³/mol. The molecule has 0 unspecified atom stereocenters. The lowest BCUT2D eigenvalue weighted by atomic mass is 10.3. The van der Waals surface area contributed by atoms with E-state index in [4.69, 9.17) is 0 Å². The Hall–Kier alpha value is -3.04. The molecule has 1 aromatic carbocycles. The van der Waals surface area contributed by atoms with Crippen LogP contribution >= 0.6 is 0 Å². The summed E-state index contributed by atoms with van der Waals surface area (Å²) in [6.45, 7) is 0. The number of benzene rings is 1. The smallest absolute Gasteiger partial charge is 0.256 e. The molecule has 92 valence electrons. The van der Waals surface area contributed by atoms with E-state index >= 15 is 0 Å². The summed E-state index contributed by atoms with van der Waals surface area (Å²) in [5, 5.41) is 19.2. The first kappa shape index (κ1) is 11.4. The van der Waals surface area contributed by atoms with Crippen molar-refractivity contribution in [2.24, 2.45) is 0 Å². The molecular weight excluding hydrogens is 248 g/mol. The Morgan fingerprint density at radius 2 is 1.17 bits per heavy atom. The molecule has 18 heavy (non-hydrogen) atoms. The van der Waals surface area contributed by atoms with E-state index < -0.39 is 21.2 Å². The molecule has 10 nitrogen and oxygen atoms in total. The van der Waals surface area contributed by atoms with Crippen LogP contribution in [0.25, 0.3) is 11.0 Å². The molecular formula is C8H4N4O6. The number of para-hydroxylation sites is 2. The topological polar surface area (TPSA) is 130 Å². The van der Waals surface area contributed by atoms with Gasteiger partial charge in [-0.15, -0.1) is 0 Å². The summed E-state index contributed by atoms with van der Waals surface area (Å²) >= 11 is 0. The molecule has 10 heteroatoms. The Balaban J connectivity index is 3.18. The molecule has 0 aliphatic rings. The van der Waals surface area contributed by atoms with E-state index in [1.54, 1.807) is 0 Å². The van der Waals surface area contributed by atoms with E-state index in [0.29, 0.717) is 0 Å². The quantitative estimate of drug-likeness (QED) is 0.392. The summed E-state index contributed by atoms with van der Waals surface area (Å²) in [7, 11) is 0. The second-order valence-corrected chi connectivity index (χ2v) is 3.20. The molecule has 0 aliphatic carbocycles. The largest absolute Gasteiger partial charge is 0.383 e. The Labute approximate surface area is 96.5 Å². The zero-order chi connectivity index (χ0) is 13.4. The molecule has 0 bridgehead atoms. The van der Waals surface area contributed by atoms with Crippen LogP contribution in [0.4, 0.5) is 0 Å². The molecule has 0 spiro atoms. The highest BCUT2D eigenvalue weighted by Crippen LogP contribution is 2.09. The second-order valence-electron chi connectivity index (χ2n) is 3.20. The Kier molecular flexibility index (Phi) is 2.39. The van der Waals surface area contributed by atoms with E-state index in [9.17, 15) is 29.8 Å². The summed E-state index contributed by atoms with van der Waals surface area (Å²) in [5.74, 6) is 0. The van der Waals surface area contributed by atoms with Crippen molar-refractivity contribution in [1.82, 2.24) is 9.35 Å². The fourth-order valence-electron chi connectivity index (χ4n) is 1.55. The van der Waals surface area contributed by atoms with Crippen molar-refractivity contribution in [3.8, 4) is 0 Å². The summed E-state index contributed by atoms with van der Waals surface area (Å²) in [5.41, 5.74) is -3.83. The number of hydrogen-bond acceptors (Lipinski definition) is 6. The third-order valence-electron chi connectivity index (χ3n) is 2.23. The fraction of sp³-hybridized carbons (Fsp3) is 0. The monoisotopic (exact) mass is 252 g/mol. The van der Waals surface area contributed by atoms with Gasteiger partial charge in [-0.05, 0) is 21.5 Å². The van der Waals surface area contributed by atoms with Crippen molar-refractivity contribution >= 4 is 11.0 Å². The summed E-state index contributed by atoms with van der Waals surface area (Å²) in [6, 6.07) is 4.99. The maximum Gasteiger partial charge on any atom is 0.383 e. The van der Waals surface area contributed by atoms with Gasteiger partial charge >= 0.3 is 11.1 Å². The molecule has 0 fully saturated rings. The van der Waals surface area contributed by atoms with Gasteiger partial charge in [0.15, 0.2) is 10.1 Å². The maximum absolute atomic E-state index is 11.4. The van der Waals surface area contributed by atoms with Crippen LogP contribution in [0.5, 0.6) is 0 Å². The SMILES string of the molecule is O=c1c(=O)n([N+](=O)[O-])c2ccccc2n1[N+](=O)[O-]. The molecule has 0 amide bonds. The lowest BCUT2D eigenvalue weighted by Gasteiger charge is -2.02. The van der Waals surface area contributed by atoms with Crippen LogP contribution in [0, 0.1) is 20.2 Å². The predicted octanol–water partition coefficient (Wildman–Crippen LogP) is -0.757. The standard InChI is InChI=1S/C8H4N4O6/c13-7-8(14)10(12(17)18)6-4-2-1-3-5(6)9(7)11(15)16/h1-4H. The highest BCUT2D eigenvalue weighted by atomic mass is 16.7. The minimum atomic E-state index is -1.59. The first-order chi connectivity index (χ1) is 8.45. The second kappa shape index (κ2) is 3.76. The minimum Gasteiger partial charge on any atom is -0.256 e. The zero-order valence-electron chi connectivity index (χ0n) is 8.55. The van der Waals surface area contributed by atoms with Crippen LogP contribution in [-0.4, -0.2) is 19.4 Å². The molecule has 0 radical (unpaired) electrons. The van der Waals surface area contributed by atoms with Gasteiger partial charge in [-0.2, -0.15) is 0 Å². The normalized spacial score (nSPS) is 10.4. The van der Waals surface area contributed by atoms with Crippen molar-refractivity contribution < 1.29 is 10.1 Å². The van der Waals surface area contributed by atoms with Crippen LogP contribution in [0.15, 0.2) is 33.9 Å². The fourth-order valence-corrected chi connectivity index (χ4v) is 1.55. The van der Waals surface area contributed by atoms with E-state index in [1.807, 2.05) is 0 Å². The molecule has 1 aromatic heterocycles. The highest BCUT2D eigenvalue weighted by molar-refractivity contribution is 5.74.